The lowest BCUT2D eigenvalue weighted by molar-refractivity contribution is -0.114. The maximum absolute atomic E-state index is 11.4. The Morgan fingerprint density at radius 3 is 2.82 bits per heavy atom. The Morgan fingerprint density at radius 2 is 2.11 bits per heavy atom. The van der Waals surface area contributed by atoms with Crippen LogP contribution in [0.15, 0.2) is 36.4 Å². The van der Waals surface area contributed by atoms with Crippen molar-refractivity contribution >= 4 is 34.8 Å². The monoisotopic (exact) mass is 420 g/mol. The van der Waals surface area contributed by atoms with Crippen LogP contribution in [0.1, 0.15) is 30.6 Å². The van der Waals surface area contributed by atoms with E-state index in [0.717, 1.165) is 30.5 Å². The molecule has 2 N–H and O–H groups in total. The van der Waals surface area contributed by atoms with E-state index in [1.165, 1.54) is 6.92 Å². The number of rotatable bonds is 4. The number of fused-ring (bicyclic) bond motifs is 1. The number of β-amino-alcohol motifs (C(OH)–C–C–N with tert-alkyl or cyclic N) is 1. The summed E-state index contributed by atoms with van der Waals surface area (Å²) in [7, 11) is 0. The molecule has 28 heavy (non-hydrogen) atoms. The van der Waals surface area contributed by atoms with E-state index in [-0.39, 0.29) is 24.2 Å². The lowest BCUT2D eigenvalue weighted by Crippen LogP contribution is -2.39. The van der Waals surface area contributed by atoms with Crippen LogP contribution in [0.25, 0.3) is 0 Å². The molecular weight excluding hydrogens is 399 g/mol. The first kappa shape index (κ1) is 19.5. The molecule has 5 nitrogen and oxygen atoms in total. The number of nitrogens with zero attached hydrogens (tertiary/aromatic N) is 1. The number of ether oxygens (including phenoxy) is 1. The van der Waals surface area contributed by atoms with Crippen molar-refractivity contribution in [2.75, 3.05) is 18.4 Å². The van der Waals surface area contributed by atoms with Gasteiger partial charge in [0.15, 0.2) is 0 Å². The van der Waals surface area contributed by atoms with Crippen molar-refractivity contribution < 1.29 is 14.6 Å². The highest BCUT2D eigenvalue weighted by Crippen LogP contribution is 2.43. The Labute approximate surface area is 174 Å². The molecular formula is C21H22Cl2N2O3. The number of hydrogen-bond acceptors (Lipinski definition) is 4. The Bertz CT molecular complexity index is 905. The zero-order valence-corrected chi connectivity index (χ0v) is 17.0. The second kappa shape index (κ2) is 7.91. The highest BCUT2D eigenvalue weighted by molar-refractivity contribution is 6.35. The van der Waals surface area contributed by atoms with Crippen LogP contribution < -0.4 is 10.1 Å². The van der Waals surface area contributed by atoms with Gasteiger partial charge in [-0.25, -0.2) is 0 Å². The van der Waals surface area contributed by atoms with E-state index in [1.807, 2.05) is 24.3 Å². The number of likely N-dealkylation sites (tertiary alicyclic amines) is 1. The highest BCUT2D eigenvalue weighted by Gasteiger charge is 2.41. The predicted octanol–water partition coefficient (Wildman–Crippen LogP) is 4.06. The average molecular weight is 421 g/mol. The third kappa shape index (κ3) is 3.98. The molecule has 2 aromatic carbocycles. The zero-order valence-electron chi connectivity index (χ0n) is 15.5. The van der Waals surface area contributed by atoms with Gasteiger partial charge in [-0.1, -0.05) is 29.3 Å². The fourth-order valence-corrected chi connectivity index (χ4v) is 4.73. The molecule has 0 radical (unpaired) electrons. The number of carbonyl (C=O) groups is 1. The van der Waals surface area contributed by atoms with Gasteiger partial charge in [0, 0.05) is 47.4 Å². The smallest absolute Gasteiger partial charge is 0.221 e. The molecule has 1 fully saturated rings. The van der Waals surface area contributed by atoms with Gasteiger partial charge in [-0.2, -0.15) is 0 Å². The number of nitrogens with one attached hydrogen (secondary N) is 1. The van der Waals surface area contributed by atoms with Gasteiger partial charge in [0.25, 0.3) is 0 Å². The van der Waals surface area contributed by atoms with E-state index in [0.29, 0.717) is 28.0 Å². The molecule has 0 saturated carbocycles. The molecule has 0 spiro atoms. The van der Waals surface area contributed by atoms with Crippen LogP contribution in [-0.4, -0.2) is 41.1 Å². The van der Waals surface area contributed by atoms with Crippen LogP contribution in [0.3, 0.4) is 0 Å². The minimum Gasteiger partial charge on any atom is -0.484 e. The number of aliphatic hydroxyl groups is 1. The second-order valence-corrected chi connectivity index (χ2v) is 8.26. The molecule has 148 valence electrons. The van der Waals surface area contributed by atoms with E-state index >= 15 is 0 Å². The lowest BCUT2D eigenvalue weighted by Gasteiger charge is -2.30. The molecule has 2 aliphatic rings. The molecule has 1 saturated heterocycles. The van der Waals surface area contributed by atoms with E-state index in [9.17, 15) is 9.90 Å². The van der Waals surface area contributed by atoms with Gasteiger partial charge in [0.05, 0.1) is 12.1 Å². The topological polar surface area (TPSA) is 61.8 Å². The van der Waals surface area contributed by atoms with Crippen LogP contribution in [0, 0.1) is 0 Å². The molecule has 1 aliphatic carbocycles. The molecule has 3 atom stereocenters. The Kier molecular flexibility index (Phi) is 5.52. The summed E-state index contributed by atoms with van der Waals surface area (Å²) in [6, 6.07) is 11.1. The predicted molar refractivity (Wildman–Crippen MR) is 110 cm³/mol. The largest absolute Gasteiger partial charge is 0.484 e. The molecule has 2 aromatic rings. The number of aliphatic hydroxyl groups excluding tert-OH is 1. The average Bonchev–Trinajstić information content (AvgIpc) is 3.19. The lowest BCUT2D eigenvalue weighted by atomic mass is 10.1. The minimum atomic E-state index is -0.313. The Hall–Kier alpha value is -1.79. The van der Waals surface area contributed by atoms with Gasteiger partial charge in [-0.15, -0.1) is 0 Å². The van der Waals surface area contributed by atoms with Crippen molar-refractivity contribution in [1.29, 1.82) is 0 Å². The molecule has 7 heteroatoms. The van der Waals surface area contributed by atoms with Crippen LogP contribution >= 0.6 is 23.2 Å². The number of carbonyl (C=O) groups excluding carboxylic acids is 1. The summed E-state index contributed by atoms with van der Waals surface area (Å²) in [5.74, 6) is 0.524. The molecule has 1 heterocycles. The molecule has 1 amide bonds. The van der Waals surface area contributed by atoms with Crippen LogP contribution in [0.4, 0.5) is 5.69 Å². The van der Waals surface area contributed by atoms with Gasteiger partial charge in [-0.3, -0.25) is 9.69 Å². The third-order valence-corrected chi connectivity index (χ3v) is 5.90. The van der Waals surface area contributed by atoms with Crippen molar-refractivity contribution in [3.63, 3.8) is 0 Å². The zero-order chi connectivity index (χ0) is 19.8. The maximum atomic E-state index is 11.4. The van der Waals surface area contributed by atoms with Crippen molar-refractivity contribution in [3.05, 3.63) is 57.6 Å². The van der Waals surface area contributed by atoms with Crippen molar-refractivity contribution in [1.82, 2.24) is 4.90 Å². The second-order valence-electron chi connectivity index (χ2n) is 7.41. The van der Waals surface area contributed by atoms with Gasteiger partial charge in [0.1, 0.15) is 11.9 Å². The number of amides is 1. The van der Waals surface area contributed by atoms with E-state index in [4.69, 9.17) is 27.9 Å². The maximum Gasteiger partial charge on any atom is 0.221 e. The van der Waals surface area contributed by atoms with Gasteiger partial charge >= 0.3 is 0 Å². The van der Waals surface area contributed by atoms with Crippen LogP contribution in [-0.2, 0) is 11.2 Å². The molecule has 0 bridgehead atoms. The summed E-state index contributed by atoms with van der Waals surface area (Å²) in [6.07, 6.45) is 0.927. The summed E-state index contributed by atoms with van der Waals surface area (Å²) in [6.45, 7) is 2.91. The first-order valence-electron chi connectivity index (χ1n) is 9.35. The first-order chi connectivity index (χ1) is 13.4. The highest BCUT2D eigenvalue weighted by atomic mass is 35.5. The van der Waals surface area contributed by atoms with Crippen molar-refractivity contribution in [3.8, 4) is 5.75 Å². The minimum absolute atomic E-state index is 0.0625. The summed E-state index contributed by atoms with van der Waals surface area (Å²) in [5, 5.41) is 14.0. The number of benzene rings is 2. The Balaban J connectivity index is 1.66. The summed E-state index contributed by atoms with van der Waals surface area (Å²) >= 11 is 12.7. The molecule has 1 unspecified atom stereocenters. The van der Waals surface area contributed by atoms with Crippen molar-refractivity contribution in [2.24, 2.45) is 0 Å². The fraction of sp³-hybridized carbons (Fsp3) is 0.381. The SMILES string of the molecule is CC(=O)Nc1cccc(O[C@H]2c3cc(Cl)cc(Cl)c3C[C@@H]2N2CCC(O)C2)c1. The van der Waals surface area contributed by atoms with Crippen LogP contribution in [0.5, 0.6) is 5.75 Å². The number of anilines is 1. The van der Waals surface area contributed by atoms with E-state index in [2.05, 4.69) is 10.2 Å². The van der Waals surface area contributed by atoms with Gasteiger partial charge in [-0.05, 0) is 42.7 Å². The van der Waals surface area contributed by atoms with Gasteiger partial charge < -0.3 is 15.2 Å². The third-order valence-electron chi connectivity index (χ3n) is 5.35. The first-order valence-corrected chi connectivity index (χ1v) is 10.1. The summed E-state index contributed by atoms with van der Waals surface area (Å²) < 4.78 is 6.40. The van der Waals surface area contributed by atoms with Gasteiger partial charge in [0.2, 0.25) is 5.91 Å². The summed E-state index contributed by atoms with van der Waals surface area (Å²) in [4.78, 5) is 13.6. The van der Waals surface area contributed by atoms with E-state index < -0.39 is 0 Å². The molecule has 1 aliphatic heterocycles. The molecule has 0 aromatic heterocycles. The quantitative estimate of drug-likeness (QED) is 0.782. The van der Waals surface area contributed by atoms with E-state index in [1.54, 1.807) is 12.1 Å². The Morgan fingerprint density at radius 1 is 1.29 bits per heavy atom. The standard InChI is InChI=1S/C21H22Cl2N2O3/c1-12(26)24-14-3-2-4-16(9-14)28-21-18-7-13(22)8-19(23)17(18)10-20(21)25-6-5-15(27)11-25/h2-4,7-9,15,20-21,27H,5-6,10-11H2,1H3,(H,24,26)/t15?,20-,21-/m0/s1. The fourth-order valence-electron chi connectivity index (χ4n) is 4.15. The normalized spacial score (nSPS) is 24.2. The number of halogens is 2. The van der Waals surface area contributed by atoms with Crippen LogP contribution in [0.2, 0.25) is 10.0 Å². The summed E-state index contributed by atoms with van der Waals surface area (Å²) in [5.41, 5.74) is 2.70. The van der Waals surface area contributed by atoms with Crippen molar-refractivity contribution in [2.45, 2.75) is 38.0 Å². The molecule has 4 rings (SSSR count). The number of hydrogen-bond donors (Lipinski definition) is 2.